The number of hydrogen-bond acceptors (Lipinski definition) is 3. The fourth-order valence-corrected chi connectivity index (χ4v) is 2.41. The van der Waals surface area contributed by atoms with E-state index in [1.54, 1.807) is 0 Å². The number of carbonyl (C=O) groups is 1. The van der Waals surface area contributed by atoms with Crippen LogP contribution >= 0.6 is 11.6 Å². The molecule has 1 aromatic rings. The maximum atomic E-state index is 11.5. The molecule has 0 amide bonds. The van der Waals surface area contributed by atoms with Crippen molar-refractivity contribution in [1.29, 1.82) is 0 Å². The Hall–Kier alpha value is -1.06. The first-order valence-electron chi connectivity index (χ1n) is 5.79. The third-order valence-corrected chi connectivity index (χ3v) is 3.34. The average Bonchev–Trinajstić information content (AvgIpc) is 2.58. The quantitative estimate of drug-likeness (QED) is 0.842. The number of rotatable bonds is 3. The fraction of sp³-hybridized carbons (Fsp3) is 0.462. The molecule has 0 unspecified atom stereocenters. The van der Waals surface area contributed by atoms with Gasteiger partial charge < -0.3 is 4.74 Å². The van der Waals surface area contributed by atoms with Gasteiger partial charge in [0.15, 0.2) is 0 Å². The molecule has 1 aliphatic rings. The molecule has 0 saturated carbocycles. The third-order valence-electron chi connectivity index (χ3n) is 2.99. The van der Waals surface area contributed by atoms with Crippen LogP contribution in [-0.4, -0.2) is 18.1 Å². The Balaban J connectivity index is 2.05. The van der Waals surface area contributed by atoms with Gasteiger partial charge in [0.1, 0.15) is 12.1 Å². The molecule has 2 rings (SSSR count). The molecular weight excluding hydrogens is 238 g/mol. The lowest BCUT2D eigenvalue weighted by Gasteiger charge is -2.18. The van der Waals surface area contributed by atoms with Gasteiger partial charge in [-0.3, -0.25) is 10.1 Å². The van der Waals surface area contributed by atoms with Crippen LogP contribution in [0.1, 0.15) is 31.9 Å². The Labute approximate surface area is 106 Å². The SMILES string of the molecule is C[C@@H]1C[C@H](N[C@H](C)c2ccccc2Cl)C(=O)O1. The summed E-state index contributed by atoms with van der Waals surface area (Å²) < 4.78 is 5.11. The molecule has 1 saturated heterocycles. The van der Waals surface area contributed by atoms with Crippen LogP contribution < -0.4 is 5.32 Å². The summed E-state index contributed by atoms with van der Waals surface area (Å²) >= 11 is 6.11. The van der Waals surface area contributed by atoms with E-state index in [0.717, 1.165) is 5.56 Å². The monoisotopic (exact) mass is 253 g/mol. The van der Waals surface area contributed by atoms with Crippen LogP contribution in [0, 0.1) is 0 Å². The highest BCUT2D eigenvalue weighted by atomic mass is 35.5. The van der Waals surface area contributed by atoms with Crippen LogP contribution in [0.3, 0.4) is 0 Å². The minimum absolute atomic E-state index is 0.00144. The topological polar surface area (TPSA) is 38.3 Å². The number of carbonyl (C=O) groups excluding carboxylic acids is 1. The van der Waals surface area contributed by atoms with Crippen LogP contribution in [0.5, 0.6) is 0 Å². The fourth-order valence-electron chi connectivity index (χ4n) is 2.11. The van der Waals surface area contributed by atoms with Crippen molar-refractivity contribution in [3.05, 3.63) is 34.9 Å². The lowest BCUT2D eigenvalue weighted by molar-refractivity contribution is -0.142. The molecule has 1 N–H and O–H groups in total. The number of halogens is 1. The van der Waals surface area contributed by atoms with Crippen molar-refractivity contribution in [2.75, 3.05) is 0 Å². The van der Waals surface area contributed by atoms with E-state index in [4.69, 9.17) is 16.3 Å². The zero-order valence-electron chi connectivity index (χ0n) is 9.94. The highest BCUT2D eigenvalue weighted by Gasteiger charge is 2.32. The Morgan fingerprint density at radius 2 is 2.18 bits per heavy atom. The van der Waals surface area contributed by atoms with E-state index < -0.39 is 0 Å². The van der Waals surface area contributed by atoms with Gasteiger partial charge in [-0.25, -0.2) is 0 Å². The molecule has 0 radical (unpaired) electrons. The Kier molecular flexibility index (Phi) is 3.69. The van der Waals surface area contributed by atoms with Crippen molar-refractivity contribution >= 4 is 17.6 Å². The summed E-state index contributed by atoms with van der Waals surface area (Å²) in [5, 5.41) is 3.97. The molecule has 92 valence electrons. The molecule has 4 heteroatoms. The number of ether oxygens (including phenoxy) is 1. The van der Waals surface area contributed by atoms with Crippen LogP contribution in [-0.2, 0) is 9.53 Å². The molecule has 0 spiro atoms. The van der Waals surface area contributed by atoms with Gasteiger partial charge in [0.05, 0.1) is 0 Å². The molecule has 1 fully saturated rings. The molecule has 3 atom stereocenters. The van der Waals surface area contributed by atoms with E-state index in [0.29, 0.717) is 11.4 Å². The van der Waals surface area contributed by atoms with Gasteiger partial charge >= 0.3 is 5.97 Å². The van der Waals surface area contributed by atoms with Gasteiger partial charge in [0, 0.05) is 17.5 Å². The maximum Gasteiger partial charge on any atom is 0.323 e. The van der Waals surface area contributed by atoms with Gasteiger partial charge in [-0.1, -0.05) is 29.8 Å². The first kappa shape index (κ1) is 12.4. The van der Waals surface area contributed by atoms with Crippen molar-refractivity contribution in [2.24, 2.45) is 0 Å². The van der Waals surface area contributed by atoms with E-state index in [-0.39, 0.29) is 24.2 Å². The van der Waals surface area contributed by atoms with E-state index in [1.165, 1.54) is 0 Å². The Morgan fingerprint density at radius 3 is 2.76 bits per heavy atom. The van der Waals surface area contributed by atoms with Gasteiger partial charge in [0.25, 0.3) is 0 Å². The van der Waals surface area contributed by atoms with Gasteiger partial charge in [-0.15, -0.1) is 0 Å². The second kappa shape index (κ2) is 5.07. The zero-order chi connectivity index (χ0) is 12.4. The van der Waals surface area contributed by atoms with E-state index in [1.807, 2.05) is 38.1 Å². The Morgan fingerprint density at radius 1 is 1.47 bits per heavy atom. The lowest BCUT2D eigenvalue weighted by atomic mass is 10.1. The maximum absolute atomic E-state index is 11.5. The number of benzene rings is 1. The van der Waals surface area contributed by atoms with Crippen LogP contribution in [0.15, 0.2) is 24.3 Å². The summed E-state index contributed by atoms with van der Waals surface area (Å²) in [4.78, 5) is 11.5. The summed E-state index contributed by atoms with van der Waals surface area (Å²) in [6.45, 7) is 3.90. The third kappa shape index (κ3) is 2.79. The summed E-state index contributed by atoms with van der Waals surface area (Å²) in [7, 11) is 0. The van der Waals surface area contributed by atoms with Crippen LogP contribution in [0.25, 0.3) is 0 Å². The lowest BCUT2D eigenvalue weighted by Crippen LogP contribution is -2.35. The largest absolute Gasteiger partial charge is 0.461 e. The molecule has 1 aliphatic heterocycles. The van der Waals surface area contributed by atoms with Crippen molar-refractivity contribution < 1.29 is 9.53 Å². The molecule has 1 aromatic carbocycles. The summed E-state index contributed by atoms with van der Waals surface area (Å²) in [5.74, 6) is -0.170. The normalized spacial score (nSPS) is 25.7. The van der Waals surface area contributed by atoms with Crippen molar-refractivity contribution in [2.45, 2.75) is 38.5 Å². The van der Waals surface area contributed by atoms with Gasteiger partial charge in [0.2, 0.25) is 0 Å². The van der Waals surface area contributed by atoms with Crippen molar-refractivity contribution in [3.63, 3.8) is 0 Å². The Bertz CT molecular complexity index is 422. The molecule has 0 aromatic heterocycles. The van der Waals surface area contributed by atoms with Crippen LogP contribution in [0.2, 0.25) is 5.02 Å². The number of esters is 1. The van der Waals surface area contributed by atoms with Gasteiger partial charge in [-0.2, -0.15) is 0 Å². The first-order valence-corrected chi connectivity index (χ1v) is 6.16. The standard InChI is InChI=1S/C13H16ClNO2/c1-8-7-12(13(16)17-8)15-9(2)10-5-3-4-6-11(10)14/h3-6,8-9,12,15H,7H2,1-2H3/t8-,9-,12+/m1/s1. The van der Waals surface area contributed by atoms with Crippen LogP contribution in [0.4, 0.5) is 0 Å². The molecule has 17 heavy (non-hydrogen) atoms. The molecule has 1 heterocycles. The highest BCUT2D eigenvalue weighted by Crippen LogP contribution is 2.24. The number of hydrogen-bond donors (Lipinski definition) is 1. The molecule has 0 aliphatic carbocycles. The predicted molar refractivity (Wildman–Crippen MR) is 67.0 cm³/mol. The second-order valence-corrected chi connectivity index (χ2v) is 4.85. The van der Waals surface area contributed by atoms with Gasteiger partial charge in [-0.05, 0) is 25.5 Å². The predicted octanol–water partition coefficient (Wildman–Crippen LogP) is 2.69. The van der Waals surface area contributed by atoms with E-state index in [2.05, 4.69) is 5.32 Å². The average molecular weight is 254 g/mol. The summed E-state index contributed by atoms with van der Waals surface area (Å²) in [6.07, 6.45) is 0.714. The highest BCUT2D eigenvalue weighted by molar-refractivity contribution is 6.31. The summed E-state index contributed by atoms with van der Waals surface area (Å²) in [5.41, 5.74) is 1.00. The zero-order valence-corrected chi connectivity index (χ0v) is 10.7. The first-order chi connectivity index (χ1) is 8.08. The van der Waals surface area contributed by atoms with Crippen molar-refractivity contribution in [3.8, 4) is 0 Å². The minimum Gasteiger partial charge on any atom is -0.461 e. The molecule has 0 bridgehead atoms. The molecule has 3 nitrogen and oxygen atoms in total. The molecular formula is C13H16ClNO2. The second-order valence-electron chi connectivity index (χ2n) is 4.45. The summed E-state index contributed by atoms with van der Waals surface area (Å²) in [6, 6.07) is 7.45. The number of cyclic esters (lactones) is 1. The van der Waals surface area contributed by atoms with E-state index in [9.17, 15) is 4.79 Å². The van der Waals surface area contributed by atoms with Crippen molar-refractivity contribution in [1.82, 2.24) is 5.32 Å². The number of nitrogens with one attached hydrogen (secondary N) is 1. The van der Waals surface area contributed by atoms with E-state index >= 15 is 0 Å². The minimum atomic E-state index is -0.226. The smallest absolute Gasteiger partial charge is 0.323 e.